The van der Waals surface area contributed by atoms with Crippen LogP contribution in [0.5, 0.6) is 11.5 Å². The lowest BCUT2D eigenvalue weighted by Crippen LogP contribution is -2.48. The Morgan fingerprint density at radius 1 is 1.04 bits per heavy atom. The van der Waals surface area contributed by atoms with Gasteiger partial charge in [-0.1, -0.05) is 22.0 Å². The Kier molecular flexibility index (Phi) is 4.82. The van der Waals surface area contributed by atoms with Crippen LogP contribution in [0, 0.1) is 5.82 Å². The number of rotatable bonds is 3. The van der Waals surface area contributed by atoms with Crippen LogP contribution in [0.3, 0.4) is 0 Å². The number of amides is 1. The first-order valence-electron chi connectivity index (χ1n) is 8.45. The highest BCUT2D eigenvalue weighted by molar-refractivity contribution is 9.10. The number of fused-ring (bicyclic) bond motifs is 1. The first kappa shape index (κ1) is 17.3. The van der Waals surface area contributed by atoms with E-state index in [-0.39, 0.29) is 18.3 Å². The van der Waals surface area contributed by atoms with Gasteiger partial charge in [0.25, 0.3) is 5.91 Å². The van der Waals surface area contributed by atoms with Crippen LogP contribution in [-0.2, 0) is 6.54 Å². The summed E-state index contributed by atoms with van der Waals surface area (Å²) in [6, 6.07) is 10.5. The molecule has 7 heteroatoms. The summed E-state index contributed by atoms with van der Waals surface area (Å²) in [4.78, 5) is 16.5. The number of halogens is 2. The highest BCUT2D eigenvalue weighted by atomic mass is 79.9. The Morgan fingerprint density at radius 3 is 2.58 bits per heavy atom. The van der Waals surface area contributed by atoms with Gasteiger partial charge in [-0.25, -0.2) is 4.39 Å². The van der Waals surface area contributed by atoms with Crippen molar-refractivity contribution < 1.29 is 18.7 Å². The van der Waals surface area contributed by atoms with Gasteiger partial charge in [-0.05, 0) is 35.9 Å². The third kappa shape index (κ3) is 3.54. The van der Waals surface area contributed by atoms with E-state index in [2.05, 4.69) is 20.8 Å². The molecule has 0 spiro atoms. The summed E-state index contributed by atoms with van der Waals surface area (Å²) in [5, 5.41) is 0. The maximum Gasteiger partial charge on any atom is 0.256 e. The molecule has 0 saturated carbocycles. The van der Waals surface area contributed by atoms with Crippen molar-refractivity contribution in [1.29, 1.82) is 0 Å². The van der Waals surface area contributed by atoms with Gasteiger partial charge in [-0.3, -0.25) is 9.69 Å². The van der Waals surface area contributed by atoms with Gasteiger partial charge in [0, 0.05) is 37.2 Å². The lowest BCUT2D eigenvalue weighted by Gasteiger charge is -2.34. The predicted molar refractivity (Wildman–Crippen MR) is 97.8 cm³/mol. The molecule has 2 heterocycles. The number of benzene rings is 2. The summed E-state index contributed by atoms with van der Waals surface area (Å²) in [5.74, 6) is 0.813. The Bertz CT molecular complexity index is 838. The second-order valence-corrected chi connectivity index (χ2v) is 7.30. The molecule has 0 aromatic heterocycles. The van der Waals surface area contributed by atoms with Crippen LogP contribution in [-0.4, -0.2) is 48.7 Å². The number of nitrogens with zero attached hydrogens (tertiary/aromatic N) is 2. The highest BCUT2D eigenvalue weighted by Gasteiger charge is 2.24. The molecule has 4 rings (SSSR count). The van der Waals surface area contributed by atoms with Gasteiger partial charge in [-0.15, -0.1) is 0 Å². The third-order valence-corrected chi connectivity index (χ3v) is 5.16. The molecule has 5 nitrogen and oxygen atoms in total. The lowest BCUT2D eigenvalue weighted by molar-refractivity contribution is 0.0624. The average molecular weight is 421 g/mol. The predicted octanol–water partition coefficient (Wildman–Crippen LogP) is 3.27. The van der Waals surface area contributed by atoms with Crippen molar-refractivity contribution in [3.05, 3.63) is 57.8 Å². The average Bonchev–Trinajstić information content (AvgIpc) is 3.10. The van der Waals surface area contributed by atoms with Gasteiger partial charge in [-0.2, -0.15) is 0 Å². The first-order chi connectivity index (χ1) is 12.6. The van der Waals surface area contributed by atoms with E-state index in [0.717, 1.165) is 36.7 Å². The van der Waals surface area contributed by atoms with Gasteiger partial charge >= 0.3 is 0 Å². The van der Waals surface area contributed by atoms with Crippen molar-refractivity contribution in [2.75, 3.05) is 33.0 Å². The molecule has 2 aliphatic heterocycles. The minimum atomic E-state index is -0.493. The molecule has 1 fully saturated rings. The minimum absolute atomic E-state index is 0.123. The maximum atomic E-state index is 14.0. The van der Waals surface area contributed by atoms with E-state index in [1.165, 1.54) is 12.1 Å². The fourth-order valence-corrected chi connectivity index (χ4v) is 3.57. The van der Waals surface area contributed by atoms with Crippen LogP contribution in [0.4, 0.5) is 4.39 Å². The van der Waals surface area contributed by atoms with E-state index in [1.54, 1.807) is 11.0 Å². The summed E-state index contributed by atoms with van der Waals surface area (Å²) in [6.07, 6.45) is 0. The molecule has 0 atom stereocenters. The molecule has 0 N–H and O–H groups in total. The highest BCUT2D eigenvalue weighted by Crippen LogP contribution is 2.32. The van der Waals surface area contributed by atoms with E-state index in [9.17, 15) is 9.18 Å². The summed E-state index contributed by atoms with van der Waals surface area (Å²) in [6.45, 7) is 3.71. The SMILES string of the molecule is O=C(c1ccc(Br)cc1F)N1CCN(Cc2ccc3c(c2)OCO3)CC1. The molecular weight excluding hydrogens is 403 g/mol. The number of carbonyl (C=O) groups is 1. The van der Waals surface area contributed by atoms with Crippen LogP contribution < -0.4 is 9.47 Å². The first-order valence-corrected chi connectivity index (χ1v) is 9.25. The van der Waals surface area contributed by atoms with Gasteiger partial charge in [0.15, 0.2) is 11.5 Å². The summed E-state index contributed by atoms with van der Waals surface area (Å²) >= 11 is 3.21. The zero-order chi connectivity index (χ0) is 18.1. The van der Waals surface area contributed by atoms with Crippen molar-refractivity contribution >= 4 is 21.8 Å². The van der Waals surface area contributed by atoms with Gasteiger partial charge in [0.2, 0.25) is 6.79 Å². The van der Waals surface area contributed by atoms with Crippen LogP contribution in [0.1, 0.15) is 15.9 Å². The zero-order valence-corrected chi connectivity index (χ0v) is 15.7. The van der Waals surface area contributed by atoms with Crippen molar-refractivity contribution in [2.24, 2.45) is 0 Å². The standard InChI is InChI=1S/C19H18BrFN2O3/c20-14-2-3-15(16(21)10-14)19(24)23-7-5-22(6-8-23)11-13-1-4-17-18(9-13)26-12-25-17/h1-4,9-10H,5-8,11-12H2. The molecule has 2 aliphatic rings. The molecule has 2 aromatic rings. The quantitative estimate of drug-likeness (QED) is 0.763. The number of hydrogen-bond acceptors (Lipinski definition) is 4. The Balaban J connectivity index is 1.36. The Hall–Kier alpha value is -2.12. The summed E-state index contributed by atoms with van der Waals surface area (Å²) in [5.41, 5.74) is 1.27. The van der Waals surface area contributed by atoms with Crippen LogP contribution in [0.25, 0.3) is 0 Å². The molecule has 0 unspecified atom stereocenters. The maximum absolute atomic E-state index is 14.0. The van der Waals surface area contributed by atoms with Crippen molar-refractivity contribution in [3.8, 4) is 11.5 Å². The van der Waals surface area contributed by atoms with Crippen molar-refractivity contribution in [1.82, 2.24) is 9.80 Å². The van der Waals surface area contributed by atoms with E-state index in [4.69, 9.17) is 9.47 Å². The minimum Gasteiger partial charge on any atom is -0.454 e. The number of carbonyl (C=O) groups excluding carboxylic acids is 1. The molecule has 0 aliphatic carbocycles. The topological polar surface area (TPSA) is 42.0 Å². The number of ether oxygens (including phenoxy) is 2. The fraction of sp³-hybridized carbons (Fsp3) is 0.316. The van der Waals surface area contributed by atoms with Gasteiger partial charge < -0.3 is 14.4 Å². The van der Waals surface area contributed by atoms with E-state index >= 15 is 0 Å². The number of hydrogen-bond donors (Lipinski definition) is 0. The third-order valence-electron chi connectivity index (χ3n) is 4.66. The van der Waals surface area contributed by atoms with E-state index in [1.807, 2.05) is 18.2 Å². The second-order valence-electron chi connectivity index (χ2n) is 6.38. The lowest BCUT2D eigenvalue weighted by atomic mass is 10.1. The van der Waals surface area contributed by atoms with Gasteiger partial charge in [0.1, 0.15) is 5.82 Å². The second kappa shape index (κ2) is 7.25. The van der Waals surface area contributed by atoms with Crippen LogP contribution >= 0.6 is 15.9 Å². The molecular formula is C19H18BrFN2O3. The summed E-state index contributed by atoms with van der Waals surface area (Å²) in [7, 11) is 0. The molecule has 1 amide bonds. The fourth-order valence-electron chi connectivity index (χ4n) is 3.24. The summed E-state index contributed by atoms with van der Waals surface area (Å²) < 4.78 is 25.4. The Labute approximate surface area is 159 Å². The molecule has 26 heavy (non-hydrogen) atoms. The molecule has 136 valence electrons. The zero-order valence-electron chi connectivity index (χ0n) is 14.1. The molecule has 0 bridgehead atoms. The van der Waals surface area contributed by atoms with Crippen LogP contribution in [0.2, 0.25) is 0 Å². The van der Waals surface area contributed by atoms with E-state index < -0.39 is 5.82 Å². The molecule has 1 saturated heterocycles. The Morgan fingerprint density at radius 2 is 1.81 bits per heavy atom. The smallest absolute Gasteiger partial charge is 0.256 e. The van der Waals surface area contributed by atoms with E-state index in [0.29, 0.717) is 17.6 Å². The largest absolute Gasteiger partial charge is 0.454 e. The van der Waals surface area contributed by atoms with Crippen molar-refractivity contribution in [3.63, 3.8) is 0 Å². The molecule has 0 radical (unpaired) electrons. The van der Waals surface area contributed by atoms with Crippen molar-refractivity contribution in [2.45, 2.75) is 6.54 Å². The monoisotopic (exact) mass is 420 g/mol. The number of piperazine rings is 1. The van der Waals surface area contributed by atoms with Crippen LogP contribution in [0.15, 0.2) is 40.9 Å². The normalized spacial score (nSPS) is 16.8. The molecule has 2 aromatic carbocycles. The van der Waals surface area contributed by atoms with Gasteiger partial charge in [0.05, 0.1) is 5.56 Å².